The number of ether oxygens (including phenoxy) is 2. The highest BCUT2D eigenvalue weighted by Gasteiger charge is 2.13. The average Bonchev–Trinajstić information content (AvgIpc) is 2.30. The van der Waals surface area contributed by atoms with Crippen LogP contribution in [0.3, 0.4) is 0 Å². The molecule has 15 heavy (non-hydrogen) atoms. The maximum absolute atomic E-state index is 5.47. The van der Waals surface area contributed by atoms with Gasteiger partial charge in [-0.25, -0.2) is 9.97 Å². The summed E-state index contributed by atoms with van der Waals surface area (Å²) in [7, 11) is 0. The summed E-state index contributed by atoms with van der Waals surface area (Å²) in [5, 5.41) is 3.06. The average molecular weight is 210 g/mol. The van der Waals surface area contributed by atoms with Gasteiger partial charge in [0.25, 0.3) is 0 Å². The van der Waals surface area contributed by atoms with Gasteiger partial charge in [-0.1, -0.05) is 0 Å². The van der Waals surface area contributed by atoms with Crippen LogP contribution in [0.25, 0.3) is 0 Å². The predicted octanol–water partition coefficient (Wildman–Crippen LogP) is -0.114. The maximum Gasteiger partial charge on any atom is 0.222 e. The van der Waals surface area contributed by atoms with E-state index in [0.29, 0.717) is 38.0 Å². The number of nitrogen functional groups attached to an aromatic ring is 1. The number of aromatic nitrogens is 2. The molecule has 0 radical (unpaired) electrons. The Hall–Kier alpha value is -1.40. The molecule has 1 aromatic heterocycles. The fourth-order valence-electron chi connectivity index (χ4n) is 1.29. The van der Waals surface area contributed by atoms with Crippen molar-refractivity contribution >= 4 is 11.6 Å². The van der Waals surface area contributed by atoms with Gasteiger partial charge in [0.2, 0.25) is 5.95 Å². The van der Waals surface area contributed by atoms with E-state index < -0.39 is 0 Å². The van der Waals surface area contributed by atoms with Crippen LogP contribution in [0, 0.1) is 0 Å². The van der Waals surface area contributed by atoms with E-state index in [0.717, 1.165) is 0 Å². The van der Waals surface area contributed by atoms with Gasteiger partial charge in [0.15, 0.2) is 0 Å². The van der Waals surface area contributed by atoms with Crippen molar-refractivity contribution in [2.45, 2.75) is 6.10 Å². The fourth-order valence-corrected chi connectivity index (χ4v) is 1.29. The summed E-state index contributed by atoms with van der Waals surface area (Å²) in [5.74, 6) is 0.554. The molecule has 3 N–H and O–H groups in total. The molecule has 1 fully saturated rings. The van der Waals surface area contributed by atoms with E-state index in [2.05, 4.69) is 15.3 Å². The molecule has 1 saturated heterocycles. The molecule has 1 aromatic rings. The first-order valence-corrected chi connectivity index (χ1v) is 4.85. The molecule has 6 nitrogen and oxygen atoms in total. The molecule has 0 bridgehead atoms. The van der Waals surface area contributed by atoms with E-state index in [-0.39, 0.29) is 6.10 Å². The van der Waals surface area contributed by atoms with Gasteiger partial charge in [0, 0.05) is 6.54 Å². The second-order valence-electron chi connectivity index (χ2n) is 3.29. The molecule has 0 spiro atoms. The standard InChI is InChI=1S/C9H14N4O2/c10-7-3-11-9(12-4-7)13-5-8-6-14-1-2-15-8/h3-4,8H,1-2,5-6,10H2,(H,11,12,13)/t8-/m0/s1. The van der Waals surface area contributed by atoms with Crippen LogP contribution in [0.2, 0.25) is 0 Å². The van der Waals surface area contributed by atoms with Crippen molar-refractivity contribution in [2.24, 2.45) is 0 Å². The van der Waals surface area contributed by atoms with Crippen LogP contribution in [-0.4, -0.2) is 42.4 Å². The summed E-state index contributed by atoms with van der Waals surface area (Å²) in [6, 6.07) is 0. The Morgan fingerprint density at radius 3 is 2.87 bits per heavy atom. The van der Waals surface area contributed by atoms with Crippen LogP contribution >= 0.6 is 0 Å². The largest absolute Gasteiger partial charge is 0.396 e. The molecule has 6 heteroatoms. The highest BCUT2D eigenvalue weighted by atomic mass is 16.6. The molecule has 1 aliphatic rings. The van der Waals surface area contributed by atoms with Crippen molar-refractivity contribution in [1.29, 1.82) is 0 Å². The van der Waals surface area contributed by atoms with Gasteiger partial charge >= 0.3 is 0 Å². The third-order valence-electron chi connectivity index (χ3n) is 2.04. The smallest absolute Gasteiger partial charge is 0.222 e. The number of nitrogens with zero attached hydrogens (tertiary/aromatic N) is 2. The van der Waals surface area contributed by atoms with Crippen molar-refractivity contribution in [2.75, 3.05) is 37.4 Å². The molecule has 0 aliphatic carbocycles. The maximum atomic E-state index is 5.47. The Kier molecular flexibility index (Phi) is 3.31. The highest BCUT2D eigenvalue weighted by molar-refractivity contribution is 5.35. The normalized spacial score (nSPS) is 21.2. The minimum atomic E-state index is 0.0694. The second kappa shape index (κ2) is 4.90. The van der Waals surface area contributed by atoms with Crippen LogP contribution < -0.4 is 11.1 Å². The van der Waals surface area contributed by atoms with E-state index in [1.807, 2.05) is 0 Å². The molecule has 1 atom stereocenters. The van der Waals surface area contributed by atoms with Crippen LogP contribution in [0.1, 0.15) is 0 Å². The lowest BCUT2D eigenvalue weighted by Gasteiger charge is -2.22. The number of hydrogen-bond acceptors (Lipinski definition) is 6. The van der Waals surface area contributed by atoms with E-state index in [1.165, 1.54) is 0 Å². The zero-order valence-electron chi connectivity index (χ0n) is 8.35. The first kappa shape index (κ1) is 10.1. The molecule has 1 aliphatic heterocycles. The van der Waals surface area contributed by atoms with Crippen LogP contribution in [0.5, 0.6) is 0 Å². The van der Waals surface area contributed by atoms with E-state index >= 15 is 0 Å². The van der Waals surface area contributed by atoms with Crippen molar-refractivity contribution in [3.8, 4) is 0 Å². The molecule has 2 heterocycles. The Morgan fingerprint density at radius 1 is 1.40 bits per heavy atom. The number of hydrogen-bond donors (Lipinski definition) is 2. The molecule has 0 amide bonds. The minimum Gasteiger partial charge on any atom is -0.396 e. The van der Waals surface area contributed by atoms with Gasteiger partial charge in [-0.3, -0.25) is 0 Å². The highest BCUT2D eigenvalue weighted by Crippen LogP contribution is 2.04. The Balaban J connectivity index is 1.79. The lowest BCUT2D eigenvalue weighted by molar-refractivity contribution is -0.0819. The van der Waals surface area contributed by atoms with Crippen LogP contribution in [0.15, 0.2) is 12.4 Å². The molecular weight excluding hydrogens is 196 g/mol. The zero-order chi connectivity index (χ0) is 10.5. The Morgan fingerprint density at radius 2 is 2.20 bits per heavy atom. The predicted molar refractivity (Wildman–Crippen MR) is 55.5 cm³/mol. The van der Waals surface area contributed by atoms with Gasteiger partial charge in [-0.05, 0) is 0 Å². The summed E-state index contributed by atoms with van der Waals surface area (Å²) >= 11 is 0. The number of rotatable bonds is 3. The summed E-state index contributed by atoms with van der Waals surface area (Å²) in [6.07, 6.45) is 3.20. The summed E-state index contributed by atoms with van der Waals surface area (Å²) in [6.45, 7) is 2.58. The van der Waals surface area contributed by atoms with Gasteiger partial charge < -0.3 is 20.5 Å². The summed E-state index contributed by atoms with van der Waals surface area (Å²) < 4.78 is 10.7. The zero-order valence-corrected chi connectivity index (χ0v) is 8.35. The minimum absolute atomic E-state index is 0.0694. The topological polar surface area (TPSA) is 82.3 Å². The summed E-state index contributed by atoms with van der Waals surface area (Å²) in [5.41, 5.74) is 6.02. The van der Waals surface area contributed by atoms with Gasteiger partial charge in [0.05, 0.1) is 44.0 Å². The molecule has 0 saturated carbocycles. The monoisotopic (exact) mass is 210 g/mol. The third-order valence-corrected chi connectivity index (χ3v) is 2.04. The van der Waals surface area contributed by atoms with Crippen molar-refractivity contribution in [1.82, 2.24) is 9.97 Å². The van der Waals surface area contributed by atoms with Crippen molar-refractivity contribution in [3.05, 3.63) is 12.4 Å². The molecule has 0 unspecified atom stereocenters. The van der Waals surface area contributed by atoms with Crippen molar-refractivity contribution < 1.29 is 9.47 Å². The second-order valence-corrected chi connectivity index (χ2v) is 3.29. The fraction of sp³-hybridized carbons (Fsp3) is 0.556. The molecule has 82 valence electrons. The van der Waals surface area contributed by atoms with E-state index in [4.69, 9.17) is 15.2 Å². The SMILES string of the molecule is Nc1cnc(NC[C@H]2COCCO2)nc1. The van der Waals surface area contributed by atoms with Gasteiger partial charge in [-0.15, -0.1) is 0 Å². The number of nitrogens with one attached hydrogen (secondary N) is 1. The quantitative estimate of drug-likeness (QED) is 0.724. The Bertz CT molecular complexity index is 297. The van der Waals surface area contributed by atoms with E-state index in [9.17, 15) is 0 Å². The third kappa shape index (κ3) is 3.03. The first-order chi connectivity index (χ1) is 7.34. The summed E-state index contributed by atoms with van der Waals surface area (Å²) in [4.78, 5) is 8.04. The molecule has 0 aromatic carbocycles. The van der Waals surface area contributed by atoms with Crippen LogP contribution in [-0.2, 0) is 9.47 Å². The Labute approximate surface area is 87.8 Å². The lowest BCUT2D eigenvalue weighted by Crippen LogP contribution is -2.34. The van der Waals surface area contributed by atoms with E-state index in [1.54, 1.807) is 12.4 Å². The first-order valence-electron chi connectivity index (χ1n) is 4.85. The van der Waals surface area contributed by atoms with Gasteiger partial charge in [0.1, 0.15) is 0 Å². The molecule has 2 rings (SSSR count). The van der Waals surface area contributed by atoms with Crippen LogP contribution in [0.4, 0.5) is 11.6 Å². The molecular formula is C9H14N4O2. The number of anilines is 2. The van der Waals surface area contributed by atoms with Gasteiger partial charge in [-0.2, -0.15) is 0 Å². The number of nitrogens with two attached hydrogens (primary N) is 1. The lowest BCUT2D eigenvalue weighted by atomic mass is 10.3. The van der Waals surface area contributed by atoms with Crippen molar-refractivity contribution in [3.63, 3.8) is 0 Å².